The molecule has 0 aliphatic rings. The van der Waals surface area contributed by atoms with Gasteiger partial charge in [0.2, 0.25) is 0 Å². The molecular weight excluding hydrogens is 354 g/mol. The number of nitrogens with zero attached hydrogens (tertiary/aromatic N) is 3. The number of amides is 1. The summed E-state index contributed by atoms with van der Waals surface area (Å²) >= 11 is 0. The first-order chi connectivity index (χ1) is 11.4. The fourth-order valence-corrected chi connectivity index (χ4v) is 2.18. The number of rotatable bonds is 3. The summed E-state index contributed by atoms with van der Waals surface area (Å²) in [6, 6.07) is 0.0482. The normalized spacial score (nSPS) is 13.6. The Labute approximate surface area is 137 Å². The van der Waals surface area contributed by atoms with Gasteiger partial charge in [0, 0.05) is 7.05 Å². The Bertz CT molecular complexity index is 780. The van der Waals surface area contributed by atoms with Gasteiger partial charge in [0.25, 0.3) is 5.91 Å². The third-order valence-electron chi connectivity index (χ3n) is 3.38. The van der Waals surface area contributed by atoms with Gasteiger partial charge in [-0.15, -0.1) is 10.2 Å². The van der Waals surface area contributed by atoms with Crippen LogP contribution in [0.3, 0.4) is 0 Å². The average molecular weight is 366 g/mol. The third kappa shape index (κ3) is 4.09. The molecule has 0 spiro atoms. The lowest BCUT2D eigenvalue weighted by molar-refractivity contribution is -0.143. The molecule has 2 rings (SSSR count). The molecule has 1 atom stereocenters. The van der Waals surface area contributed by atoms with Crippen LogP contribution in [0.1, 0.15) is 40.3 Å². The van der Waals surface area contributed by atoms with Crippen molar-refractivity contribution >= 4 is 5.91 Å². The molecular formula is C14H12F6N4O. The van der Waals surface area contributed by atoms with E-state index in [0.717, 1.165) is 0 Å². The lowest BCUT2D eigenvalue weighted by atomic mass is 10.0. The van der Waals surface area contributed by atoms with Gasteiger partial charge >= 0.3 is 12.4 Å². The highest BCUT2D eigenvalue weighted by atomic mass is 19.4. The van der Waals surface area contributed by atoms with Crippen LogP contribution in [0, 0.1) is 0 Å². The zero-order chi connectivity index (χ0) is 19.0. The van der Waals surface area contributed by atoms with E-state index in [9.17, 15) is 31.1 Å². The molecule has 5 nitrogen and oxygen atoms in total. The topological polar surface area (TPSA) is 59.8 Å². The maximum atomic E-state index is 13.1. The Morgan fingerprint density at radius 2 is 1.80 bits per heavy atom. The second-order valence-electron chi connectivity index (χ2n) is 5.25. The van der Waals surface area contributed by atoms with Crippen LogP contribution in [0.2, 0.25) is 0 Å². The van der Waals surface area contributed by atoms with Gasteiger partial charge in [0.15, 0.2) is 5.82 Å². The van der Waals surface area contributed by atoms with Crippen LogP contribution < -0.4 is 5.32 Å². The van der Waals surface area contributed by atoms with Crippen LogP contribution in [0.25, 0.3) is 0 Å². The van der Waals surface area contributed by atoms with Gasteiger partial charge in [-0.25, -0.2) is 0 Å². The van der Waals surface area contributed by atoms with Gasteiger partial charge in [0.1, 0.15) is 6.33 Å². The predicted molar refractivity (Wildman–Crippen MR) is 73.3 cm³/mol. The molecule has 1 amide bonds. The Kier molecular flexibility index (Phi) is 4.78. The number of hydrogen-bond donors (Lipinski definition) is 1. The van der Waals surface area contributed by atoms with E-state index >= 15 is 0 Å². The molecule has 0 aliphatic heterocycles. The number of nitrogens with one attached hydrogen (secondary N) is 1. The molecule has 1 aromatic carbocycles. The van der Waals surface area contributed by atoms with Crippen LogP contribution in [0.5, 0.6) is 0 Å². The maximum Gasteiger partial charge on any atom is 0.417 e. The Hall–Kier alpha value is -2.59. The summed E-state index contributed by atoms with van der Waals surface area (Å²) in [6.07, 6.45) is -8.75. The van der Waals surface area contributed by atoms with Crippen LogP contribution in [0.15, 0.2) is 24.5 Å². The van der Waals surface area contributed by atoms with Crippen molar-refractivity contribution < 1.29 is 31.1 Å². The van der Waals surface area contributed by atoms with Gasteiger partial charge in [-0.05, 0) is 25.1 Å². The highest BCUT2D eigenvalue weighted by Crippen LogP contribution is 2.37. The van der Waals surface area contributed by atoms with Crippen LogP contribution in [0.4, 0.5) is 26.3 Å². The van der Waals surface area contributed by atoms with Crippen LogP contribution in [-0.4, -0.2) is 20.7 Å². The van der Waals surface area contributed by atoms with E-state index in [-0.39, 0.29) is 11.9 Å². The highest BCUT2D eigenvalue weighted by molar-refractivity contribution is 5.96. The summed E-state index contributed by atoms with van der Waals surface area (Å²) in [5.74, 6) is -0.898. The second-order valence-corrected chi connectivity index (χ2v) is 5.25. The molecule has 0 aliphatic carbocycles. The minimum absolute atomic E-state index is 0.0814. The number of aryl methyl sites for hydroxylation is 1. The summed E-state index contributed by atoms with van der Waals surface area (Å²) < 4.78 is 78.6. The summed E-state index contributed by atoms with van der Waals surface area (Å²) in [5, 5.41) is 9.55. The molecule has 0 fully saturated rings. The van der Waals surface area contributed by atoms with E-state index in [1.807, 2.05) is 0 Å². The van der Waals surface area contributed by atoms with Gasteiger partial charge in [-0.3, -0.25) is 4.79 Å². The molecule has 0 saturated heterocycles. The van der Waals surface area contributed by atoms with Crippen molar-refractivity contribution in [2.24, 2.45) is 7.05 Å². The van der Waals surface area contributed by atoms with Crippen molar-refractivity contribution in [1.82, 2.24) is 20.1 Å². The lowest BCUT2D eigenvalue weighted by Gasteiger charge is -2.18. The smallest absolute Gasteiger partial charge is 0.342 e. The van der Waals surface area contributed by atoms with E-state index < -0.39 is 41.0 Å². The van der Waals surface area contributed by atoms with Crippen molar-refractivity contribution in [3.63, 3.8) is 0 Å². The lowest BCUT2D eigenvalue weighted by Crippen LogP contribution is -2.30. The molecule has 1 heterocycles. The first-order valence-corrected chi connectivity index (χ1v) is 6.84. The van der Waals surface area contributed by atoms with Gasteiger partial charge in [-0.2, -0.15) is 26.3 Å². The van der Waals surface area contributed by atoms with Crippen molar-refractivity contribution in [2.75, 3.05) is 0 Å². The number of halogens is 6. The standard InChI is InChI=1S/C14H12F6N4O/c1-7(11-23-21-6-24(11)2)22-12(25)9-4-3-8(13(15,16)17)5-10(9)14(18,19)20/h3-7H,1-2H3,(H,22,25). The van der Waals surface area contributed by atoms with Crippen LogP contribution >= 0.6 is 0 Å². The van der Waals surface area contributed by atoms with Crippen LogP contribution in [-0.2, 0) is 19.4 Å². The van der Waals surface area contributed by atoms with Crippen molar-refractivity contribution in [3.8, 4) is 0 Å². The van der Waals surface area contributed by atoms with Gasteiger partial charge < -0.3 is 9.88 Å². The average Bonchev–Trinajstić information content (AvgIpc) is 2.91. The minimum atomic E-state index is -5.12. The molecule has 1 aromatic heterocycles. The quantitative estimate of drug-likeness (QED) is 0.848. The Morgan fingerprint density at radius 1 is 1.16 bits per heavy atom. The molecule has 1 N–H and O–H groups in total. The summed E-state index contributed by atoms with van der Waals surface area (Å²) in [6.45, 7) is 1.46. The first kappa shape index (κ1) is 18.7. The largest absolute Gasteiger partial charge is 0.417 e. The number of benzene rings is 1. The second kappa shape index (κ2) is 6.37. The van der Waals surface area contributed by atoms with Crippen molar-refractivity contribution in [3.05, 3.63) is 47.0 Å². The zero-order valence-electron chi connectivity index (χ0n) is 12.9. The fourth-order valence-electron chi connectivity index (χ4n) is 2.18. The summed E-state index contributed by atoms with van der Waals surface area (Å²) in [4.78, 5) is 12.1. The summed E-state index contributed by atoms with van der Waals surface area (Å²) in [5.41, 5.74) is -4.06. The molecule has 11 heteroatoms. The molecule has 0 bridgehead atoms. The Morgan fingerprint density at radius 3 is 2.28 bits per heavy atom. The molecule has 0 radical (unpaired) electrons. The summed E-state index contributed by atoms with van der Waals surface area (Å²) in [7, 11) is 1.57. The monoisotopic (exact) mass is 366 g/mol. The molecule has 25 heavy (non-hydrogen) atoms. The third-order valence-corrected chi connectivity index (χ3v) is 3.38. The zero-order valence-corrected chi connectivity index (χ0v) is 12.9. The maximum absolute atomic E-state index is 13.1. The fraction of sp³-hybridized carbons (Fsp3) is 0.357. The first-order valence-electron chi connectivity index (χ1n) is 6.84. The number of carbonyl (C=O) groups is 1. The number of aromatic nitrogens is 3. The SMILES string of the molecule is CC(NC(=O)c1ccc(C(F)(F)F)cc1C(F)(F)F)c1nncn1C. The number of carbonyl (C=O) groups excluding carboxylic acids is 1. The number of hydrogen-bond acceptors (Lipinski definition) is 3. The number of alkyl halides is 6. The minimum Gasteiger partial charge on any atom is -0.342 e. The van der Waals surface area contributed by atoms with E-state index in [2.05, 4.69) is 15.5 Å². The highest BCUT2D eigenvalue weighted by Gasteiger charge is 2.39. The van der Waals surface area contributed by atoms with E-state index in [0.29, 0.717) is 12.1 Å². The van der Waals surface area contributed by atoms with Gasteiger partial charge in [0.05, 0.1) is 22.7 Å². The van der Waals surface area contributed by atoms with Crippen molar-refractivity contribution in [1.29, 1.82) is 0 Å². The Balaban J connectivity index is 2.37. The van der Waals surface area contributed by atoms with E-state index in [1.54, 1.807) is 7.05 Å². The molecule has 2 aromatic rings. The molecule has 1 unspecified atom stereocenters. The van der Waals surface area contributed by atoms with Crippen molar-refractivity contribution in [2.45, 2.75) is 25.3 Å². The van der Waals surface area contributed by atoms with E-state index in [4.69, 9.17) is 0 Å². The van der Waals surface area contributed by atoms with Gasteiger partial charge in [-0.1, -0.05) is 0 Å². The van der Waals surface area contributed by atoms with E-state index in [1.165, 1.54) is 17.8 Å². The molecule has 136 valence electrons. The molecule has 0 saturated carbocycles. The predicted octanol–water partition coefficient (Wildman–Crippen LogP) is 3.34.